The Morgan fingerprint density at radius 2 is 2.00 bits per heavy atom. The van der Waals surface area contributed by atoms with Crippen molar-refractivity contribution in [1.29, 1.82) is 0 Å². The highest BCUT2D eigenvalue weighted by Gasteiger charge is 2.08. The van der Waals surface area contributed by atoms with Gasteiger partial charge in [-0.15, -0.1) is 0 Å². The fraction of sp³-hybridized carbons (Fsp3) is 0.400. The van der Waals surface area contributed by atoms with Gasteiger partial charge in [-0.05, 0) is 13.1 Å². The van der Waals surface area contributed by atoms with E-state index in [0.717, 1.165) is 6.07 Å². The molecule has 0 aliphatic rings. The number of nitrogens with one attached hydrogen (secondary N) is 2. The lowest BCUT2D eigenvalue weighted by Crippen LogP contribution is -2.29. The third-order valence-corrected chi connectivity index (χ3v) is 3.57. The van der Waals surface area contributed by atoms with Crippen LogP contribution >= 0.6 is 0 Å². The smallest absolute Gasteiger partial charge is 0.212 e. The molecule has 0 radical (unpaired) electrons. The number of sulfonamides is 1. The van der Waals surface area contributed by atoms with Crippen LogP contribution in [0.3, 0.4) is 0 Å². The van der Waals surface area contributed by atoms with Gasteiger partial charge in [0.25, 0.3) is 0 Å². The zero-order valence-electron chi connectivity index (χ0n) is 9.33. The predicted octanol–water partition coefficient (Wildman–Crippen LogP) is 0.604. The van der Waals surface area contributed by atoms with E-state index in [9.17, 15) is 17.2 Å². The molecule has 0 aliphatic heterocycles. The molecule has 7 heteroatoms. The molecule has 0 spiro atoms. The standard InChI is InChI=1S/C10H14F2N2O2S/c1-13-17(15,16)6-5-14-7-8-3-2-4-9(11)10(8)12/h2-4,13-14H,5-7H2,1H3. The summed E-state index contributed by atoms with van der Waals surface area (Å²) in [5.41, 5.74) is 0.173. The summed E-state index contributed by atoms with van der Waals surface area (Å²) in [5.74, 6) is -1.93. The van der Waals surface area contributed by atoms with Gasteiger partial charge in [-0.2, -0.15) is 0 Å². The van der Waals surface area contributed by atoms with Crippen LogP contribution in [0.15, 0.2) is 18.2 Å². The van der Waals surface area contributed by atoms with Crippen LogP contribution in [0, 0.1) is 11.6 Å². The molecule has 0 aliphatic carbocycles. The summed E-state index contributed by atoms with van der Waals surface area (Å²) in [7, 11) is -1.95. The Labute approximate surface area is 99.1 Å². The van der Waals surface area contributed by atoms with E-state index in [1.54, 1.807) is 0 Å². The summed E-state index contributed by atoms with van der Waals surface area (Å²) in [6, 6.07) is 3.88. The van der Waals surface area contributed by atoms with Gasteiger partial charge >= 0.3 is 0 Å². The second-order valence-electron chi connectivity index (χ2n) is 3.41. The lowest BCUT2D eigenvalue weighted by Gasteiger charge is -2.06. The van der Waals surface area contributed by atoms with Gasteiger partial charge in [0.05, 0.1) is 5.75 Å². The highest BCUT2D eigenvalue weighted by Crippen LogP contribution is 2.10. The Morgan fingerprint density at radius 1 is 1.29 bits per heavy atom. The van der Waals surface area contributed by atoms with Crippen molar-refractivity contribution < 1.29 is 17.2 Å². The molecular formula is C10H14F2N2O2S. The van der Waals surface area contributed by atoms with E-state index in [1.165, 1.54) is 19.2 Å². The molecule has 17 heavy (non-hydrogen) atoms. The first-order valence-corrected chi connectivity index (χ1v) is 6.66. The molecule has 96 valence electrons. The van der Waals surface area contributed by atoms with Crippen molar-refractivity contribution in [2.45, 2.75) is 6.54 Å². The quantitative estimate of drug-likeness (QED) is 0.740. The number of benzene rings is 1. The second kappa shape index (κ2) is 6.04. The van der Waals surface area contributed by atoms with Crippen molar-refractivity contribution in [2.24, 2.45) is 0 Å². The van der Waals surface area contributed by atoms with Crippen LogP contribution in [0.2, 0.25) is 0 Å². The Hall–Kier alpha value is -1.05. The van der Waals surface area contributed by atoms with E-state index in [0.29, 0.717) is 0 Å². The molecule has 2 N–H and O–H groups in total. The number of hydrogen-bond donors (Lipinski definition) is 2. The molecule has 4 nitrogen and oxygen atoms in total. The van der Waals surface area contributed by atoms with Crippen molar-refractivity contribution in [3.05, 3.63) is 35.4 Å². The van der Waals surface area contributed by atoms with Gasteiger partial charge in [-0.1, -0.05) is 12.1 Å². The van der Waals surface area contributed by atoms with Crippen LogP contribution in [0.25, 0.3) is 0 Å². The Morgan fingerprint density at radius 3 is 2.65 bits per heavy atom. The summed E-state index contributed by atoms with van der Waals surface area (Å²) in [6.45, 7) is 0.252. The summed E-state index contributed by atoms with van der Waals surface area (Å²) >= 11 is 0. The lowest BCUT2D eigenvalue weighted by molar-refractivity contribution is 0.493. The van der Waals surface area contributed by atoms with Crippen LogP contribution in [0.1, 0.15) is 5.56 Å². The highest BCUT2D eigenvalue weighted by molar-refractivity contribution is 7.89. The molecule has 0 atom stereocenters. The van der Waals surface area contributed by atoms with Crippen LogP contribution in [-0.2, 0) is 16.6 Å². The van der Waals surface area contributed by atoms with E-state index < -0.39 is 21.7 Å². The molecule has 0 saturated heterocycles. The maximum absolute atomic E-state index is 13.2. The molecule has 1 aromatic rings. The van der Waals surface area contributed by atoms with Gasteiger partial charge in [0.2, 0.25) is 10.0 Å². The van der Waals surface area contributed by atoms with Crippen LogP contribution < -0.4 is 10.0 Å². The highest BCUT2D eigenvalue weighted by atomic mass is 32.2. The number of rotatable bonds is 6. The van der Waals surface area contributed by atoms with E-state index >= 15 is 0 Å². The fourth-order valence-corrected chi connectivity index (χ4v) is 1.83. The second-order valence-corrected chi connectivity index (χ2v) is 5.46. The predicted molar refractivity (Wildman–Crippen MR) is 60.9 cm³/mol. The van der Waals surface area contributed by atoms with Gasteiger partial charge in [-0.3, -0.25) is 0 Å². The van der Waals surface area contributed by atoms with Crippen molar-refractivity contribution in [3.63, 3.8) is 0 Å². The maximum Gasteiger partial charge on any atom is 0.212 e. The van der Waals surface area contributed by atoms with Crippen molar-refractivity contribution >= 4 is 10.0 Å². The minimum atomic E-state index is -3.27. The van der Waals surface area contributed by atoms with Crippen LogP contribution in [-0.4, -0.2) is 27.8 Å². The first kappa shape index (κ1) is 14.0. The maximum atomic E-state index is 13.2. The average molecular weight is 264 g/mol. The van der Waals surface area contributed by atoms with Crippen LogP contribution in [0.5, 0.6) is 0 Å². The molecule has 0 saturated carbocycles. The summed E-state index contributed by atoms with van der Waals surface area (Å²) < 4.78 is 50.3. The zero-order valence-corrected chi connectivity index (χ0v) is 10.2. The topological polar surface area (TPSA) is 58.2 Å². The third kappa shape index (κ3) is 4.37. The molecule has 0 amide bonds. The van der Waals surface area contributed by atoms with Gasteiger partial charge in [-0.25, -0.2) is 21.9 Å². The van der Waals surface area contributed by atoms with Crippen molar-refractivity contribution in [2.75, 3.05) is 19.3 Å². The molecule has 0 bridgehead atoms. The summed E-state index contributed by atoms with van der Waals surface area (Å²) in [5, 5.41) is 2.73. The Balaban J connectivity index is 2.44. The van der Waals surface area contributed by atoms with E-state index in [1.807, 2.05) is 0 Å². The summed E-state index contributed by atoms with van der Waals surface area (Å²) in [4.78, 5) is 0. The Kier molecular flexibility index (Phi) is 4.98. The fourth-order valence-electron chi connectivity index (χ4n) is 1.22. The first-order valence-electron chi connectivity index (χ1n) is 5.01. The minimum Gasteiger partial charge on any atom is -0.312 e. The SMILES string of the molecule is CNS(=O)(=O)CCNCc1cccc(F)c1F. The van der Waals surface area contributed by atoms with Gasteiger partial charge in [0.1, 0.15) is 0 Å². The van der Waals surface area contributed by atoms with Crippen molar-refractivity contribution in [1.82, 2.24) is 10.0 Å². The largest absolute Gasteiger partial charge is 0.312 e. The average Bonchev–Trinajstić information content (AvgIpc) is 2.30. The normalized spacial score (nSPS) is 11.7. The van der Waals surface area contributed by atoms with E-state index in [2.05, 4.69) is 10.0 Å². The monoisotopic (exact) mass is 264 g/mol. The van der Waals surface area contributed by atoms with Gasteiger partial charge in [0, 0.05) is 18.7 Å². The molecular weight excluding hydrogens is 250 g/mol. The molecule has 1 aromatic carbocycles. The summed E-state index contributed by atoms with van der Waals surface area (Å²) in [6.07, 6.45) is 0. The molecule has 0 heterocycles. The number of halogens is 2. The number of hydrogen-bond acceptors (Lipinski definition) is 3. The molecule has 0 unspecified atom stereocenters. The minimum absolute atomic E-state index is 0.0861. The van der Waals surface area contributed by atoms with Gasteiger partial charge in [0.15, 0.2) is 11.6 Å². The van der Waals surface area contributed by atoms with Crippen molar-refractivity contribution in [3.8, 4) is 0 Å². The molecule has 0 aromatic heterocycles. The first-order chi connectivity index (χ1) is 7.96. The molecule has 1 rings (SSSR count). The Bertz CT molecular complexity index is 477. The van der Waals surface area contributed by atoms with E-state index in [4.69, 9.17) is 0 Å². The van der Waals surface area contributed by atoms with Gasteiger partial charge < -0.3 is 5.32 Å². The molecule has 0 fully saturated rings. The zero-order chi connectivity index (χ0) is 12.9. The third-order valence-electron chi connectivity index (χ3n) is 2.21. The lowest BCUT2D eigenvalue weighted by atomic mass is 10.2. The van der Waals surface area contributed by atoms with Crippen LogP contribution in [0.4, 0.5) is 8.78 Å². The van der Waals surface area contributed by atoms with E-state index in [-0.39, 0.29) is 24.4 Å².